The van der Waals surface area contributed by atoms with Gasteiger partial charge in [0.1, 0.15) is 0 Å². The molecule has 2 nitrogen and oxygen atoms in total. The van der Waals surface area contributed by atoms with Gasteiger partial charge in [-0.15, -0.1) is 0 Å². The summed E-state index contributed by atoms with van der Waals surface area (Å²) in [4.78, 5) is 0. The molecule has 1 saturated carbocycles. The monoisotopic (exact) mass is 170 g/mol. The van der Waals surface area contributed by atoms with E-state index >= 15 is 0 Å². The van der Waals surface area contributed by atoms with Gasteiger partial charge in [-0.05, 0) is 31.8 Å². The maximum absolute atomic E-state index is 10.1. The van der Waals surface area contributed by atoms with E-state index in [1.54, 1.807) is 7.11 Å². The van der Waals surface area contributed by atoms with Gasteiger partial charge in [0.15, 0.2) is 0 Å². The first-order valence-electron chi connectivity index (χ1n) is 4.49. The highest BCUT2D eigenvalue weighted by Crippen LogP contribution is 2.34. The van der Waals surface area contributed by atoms with Gasteiger partial charge in [-0.2, -0.15) is 0 Å². The molecule has 0 aromatic rings. The molecule has 0 aromatic carbocycles. The van der Waals surface area contributed by atoms with Crippen LogP contribution in [0.5, 0.6) is 0 Å². The van der Waals surface area contributed by atoms with Gasteiger partial charge in [0.2, 0.25) is 0 Å². The summed E-state index contributed by atoms with van der Waals surface area (Å²) in [6.07, 6.45) is 3.84. The molecule has 2 unspecified atom stereocenters. The van der Waals surface area contributed by atoms with Gasteiger partial charge in [0.25, 0.3) is 0 Å². The SMILES string of the molecule is C=C(C)C1(O)CCCC(OC)C1. The van der Waals surface area contributed by atoms with E-state index in [0.717, 1.165) is 24.8 Å². The molecular formula is C10H18O2. The van der Waals surface area contributed by atoms with E-state index < -0.39 is 5.60 Å². The Balaban J connectivity index is 2.61. The normalized spacial score (nSPS) is 36.4. The Labute approximate surface area is 74.2 Å². The van der Waals surface area contributed by atoms with Crippen LogP contribution in [-0.4, -0.2) is 23.9 Å². The Morgan fingerprint density at radius 3 is 2.83 bits per heavy atom. The average molecular weight is 170 g/mol. The number of hydrogen-bond donors (Lipinski definition) is 1. The predicted molar refractivity (Wildman–Crippen MR) is 49.0 cm³/mol. The first kappa shape index (κ1) is 9.75. The Bertz CT molecular complexity index is 177. The molecule has 1 aliphatic carbocycles. The van der Waals surface area contributed by atoms with Crippen molar-refractivity contribution < 1.29 is 9.84 Å². The summed E-state index contributed by atoms with van der Waals surface area (Å²) in [6, 6.07) is 0. The molecule has 1 aliphatic rings. The molecular weight excluding hydrogens is 152 g/mol. The second-order valence-corrected chi connectivity index (χ2v) is 3.77. The number of aliphatic hydroxyl groups is 1. The molecule has 1 N–H and O–H groups in total. The van der Waals surface area contributed by atoms with Crippen molar-refractivity contribution >= 4 is 0 Å². The zero-order chi connectivity index (χ0) is 9.19. The van der Waals surface area contributed by atoms with E-state index in [1.807, 2.05) is 6.92 Å². The van der Waals surface area contributed by atoms with Gasteiger partial charge >= 0.3 is 0 Å². The zero-order valence-corrected chi connectivity index (χ0v) is 7.97. The zero-order valence-electron chi connectivity index (χ0n) is 7.97. The third kappa shape index (κ3) is 1.87. The van der Waals surface area contributed by atoms with Crippen LogP contribution >= 0.6 is 0 Å². The van der Waals surface area contributed by atoms with Crippen LogP contribution in [0.3, 0.4) is 0 Å². The summed E-state index contributed by atoms with van der Waals surface area (Å²) in [5, 5.41) is 10.1. The highest BCUT2D eigenvalue weighted by molar-refractivity contribution is 5.11. The van der Waals surface area contributed by atoms with Crippen LogP contribution in [0.25, 0.3) is 0 Å². The van der Waals surface area contributed by atoms with Gasteiger partial charge < -0.3 is 9.84 Å². The minimum absolute atomic E-state index is 0.209. The smallest absolute Gasteiger partial charge is 0.0876 e. The van der Waals surface area contributed by atoms with E-state index in [2.05, 4.69) is 6.58 Å². The largest absolute Gasteiger partial charge is 0.385 e. The van der Waals surface area contributed by atoms with Gasteiger partial charge in [0.05, 0.1) is 11.7 Å². The van der Waals surface area contributed by atoms with Gasteiger partial charge in [-0.1, -0.05) is 6.58 Å². The highest BCUT2D eigenvalue weighted by Gasteiger charge is 2.34. The molecule has 0 aromatic heterocycles. The van der Waals surface area contributed by atoms with Crippen molar-refractivity contribution in [3.63, 3.8) is 0 Å². The van der Waals surface area contributed by atoms with Crippen molar-refractivity contribution in [3.8, 4) is 0 Å². The number of methoxy groups -OCH3 is 1. The molecule has 0 heterocycles. The fraction of sp³-hybridized carbons (Fsp3) is 0.800. The summed E-state index contributed by atoms with van der Waals surface area (Å²) < 4.78 is 5.24. The average Bonchev–Trinajstić information content (AvgIpc) is 2.04. The molecule has 0 radical (unpaired) electrons. The number of hydrogen-bond acceptors (Lipinski definition) is 2. The van der Waals surface area contributed by atoms with Crippen LogP contribution in [-0.2, 0) is 4.74 Å². The fourth-order valence-electron chi connectivity index (χ4n) is 1.79. The highest BCUT2D eigenvalue weighted by atomic mass is 16.5. The Morgan fingerprint density at radius 1 is 1.67 bits per heavy atom. The molecule has 0 spiro atoms. The molecule has 0 amide bonds. The Morgan fingerprint density at radius 2 is 2.33 bits per heavy atom. The molecule has 12 heavy (non-hydrogen) atoms. The number of ether oxygens (including phenoxy) is 1. The number of rotatable bonds is 2. The lowest BCUT2D eigenvalue weighted by Gasteiger charge is -2.36. The minimum atomic E-state index is -0.668. The quantitative estimate of drug-likeness (QED) is 0.641. The van der Waals surface area contributed by atoms with Crippen molar-refractivity contribution in [3.05, 3.63) is 12.2 Å². The Hall–Kier alpha value is -0.340. The molecule has 1 rings (SSSR count). The van der Waals surface area contributed by atoms with E-state index in [9.17, 15) is 5.11 Å². The van der Waals surface area contributed by atoms with Crippen molar-refractivity contribution in [2.75, 3.05) is 7.11 Å². The van der Waals surface area contributed by atoms with E-state index in [-0.39, 0.29) is 6.10 Å². The maximum atomic E-state index is 10.1. The summed E-state index contributed by atoms with van der Waals surface area (Å²) in [7, 11) is 1.70. The van der Waals surface area contributed by atoms with Gasteiger partial charge in [-0.25, -0.2) is 0 Å². The van der Waals surface area contributed by atoms with Crippen LogP contribution < -0.4 is 0 Å². The molecule has 0 bridgehead atoms. The lowest BCUT2D eigenvalue weighted by Crippen LogP contribution is -2.38. The van der Waals surface area contributed by atoms with E-state index in [4.69, 9.17) is 4.74 Å². The van der Waals surface area contributed by atoms with Gasteiger partial charge in [0, 0.05) is 13.5 Å². The van der Waals surface area contributed by atoms with Crippen LogP contribution in [0.2, 0.25) is 0 Å². The fourth-order valence-corrected chi connectivity index (χ4v) is 1.79. The molecule has 2 atom stereocenters. The van der Waals surface area contributed by atoms with Crippen LogP contribution in [0, 0.1) is 0 Å². The van der Waals surface area contributed by atoms with Crippen molar-refractivity contribution in [2.45, 2.75) is 44.3 Å². The molecule has 0 saturated heterocycles. The second-order valence-electron chi connectivity index (χ2n) is 3.77. The summed E-state index contributed by atoms with van der Waals surface area (Å²) in [6.45, 7) is 5.70. The third-order valence-corrected chi connectivity index (χ3v) is 2.81. The summed E-state index contributed by atoms with van der Waals surface area (Å²) >= 11 is 0. The van der Waals surface area contributed by atoms with E-state index in [1.165, 1.54) is 0 Å². The minimum Gasteiger partial charge on any atom is -0.385 e. The molecule has 2 heteroatoms. The van der Waals surface area contributed by atoms with Crippen molar-refractivity contribution in [2.24, 2.45) is 0 Å². The van der Waals surface area contributed by atoms with Gasteiger partial charge in [-0.3, -0.25) is 0 Å². The van der Waals surface area contributed by atoms with Crippen molar-refractivity contribution in [1.82, 2.24) is 0 Å². The third-order valence-electron chi connectivity index (χ3n) is 2.81. The Kier molecular flexibility index (Phi) is 2.91. The van der Waals surface area contributed by atoms with Crippen LogP contribution in [0.15, 0.2) is 12.2 Å². The van der Waals surface area contributed by atoms with E-state index in [0.29, 0.717) is 6.42 Å². The van der Waals surface area contributed by atoms with Crippen molar-refractivity contribution in [1.29, 1.82) is 0 Å². The lowest BCUT2D eigenvalue weighted by molar-refractivity contribution is -0.0357. The predicted octanol–water partition coefficient (Wildman–Crippen LogP) is 1.88. The molecule has 1 fully saturated rings. The summed E-state index contributed by atoms with van der Waals surface area (Å²) in [5.41, 5.74) is 0.197. The lowest BCUT2D eigenvalue weighted by atomic mass is 9.79. The molecule has 0 aliphatic heterocycles. The first-order chi connectivity index (χ1) is 5.58. The van der Waals surface area contributed by atoms with Crippen LogP contribution in [0.4, 0.5) is 0 Å². The first-order valence-corrected chi connectivity index (χ1v) is 4.49. The second kappa shape index (κ2) is 3.58. The molecule has 70 valence electrons. The summed E-state index contributed by atoms with van der Waals surface area (Å²) in [5.74, 6) is 0. The standard InChI is InChI=1S/C10H18O2/c1-8(2)10(11)6-4-5-9(7-10)12-3/h9,11H,1,4-7H2,2-3H3. The van der Waals surface area contributed by atoms with Crippen LogP contribution in [0.1, 0.15) is 32.6 Å². The maximum Gasteiger partial charge on any atom is 0.0876 e. The topological polar surface area (TPSA) is 29.5 Å².